The summed E-state index contributed by atoms with van der Waals surface area (Å²) in [4.78, 5) is 2.50. The first-order valence-electron chi connectivity index (χ1n) is 7.00. The van der Waals surface area contributed by atoms with Crippen molar-refractivity contribution in [2.75, 3.05) is 26.2 Å². The molecule has 0 aromatic heterocycles. The molecule has 4 heteroatoms. The van der Waals surface area contributed by atoms with Crippen LogP contribution in [0.5, 0.6) is 0 Å². The van der Waals surface area contributed by atoms with Crippen molar-refractivity contribution in [2.24, 2.45) is 5.92 Å². The highest BCUT2D eigenvalue weighted by Crippen LogP contribution is 2.26. The second-order valence-electron chi connectivity index (χ2n) is 5.34. The van der Waals surface area contributed by atoms with Gasteiger partial charge in [-0.1, -0.05) is 30.1 Å². The highest BCUT2D eigenvalue weighted by atomic mass is 35.5. The number of hydrogen-bond donors (Lipinski definition) is 1. The minimum atomic E-state index is 0.238. The Morgan fingerprint density at radius 1 is 1.42 bits per heavy atom. The molecule has 0 amide bonds. The normalized spacial score (nSPS) is 21.8. The van der Waals surface area contributed by atoms with Gasteiger partial charge in [0.2, 0.25) is 0 Å². The summed E-state index contributed by atoms with van der Waals surface area (Å²) in [5, 5.41) is 5.11. The summed E-state index contributed by atoms with van der Waals surface area (Å²) in [7, 11) is 0. The summed E-state index contributed by atoms with van der Waals surface area (Å²) >= 11 is 12.3. The third kappa shape index (κ3) is 4.09. The lowest BCUT2D eigenvalue weighted by Gasteiger charge is -2.19. The fourth-order valence-electron chi connectivity index (χ4n) is 2.67. The maximum atomic E-state index is 6.23. The molecule has 0 spiro atoms. The van der Waals surface area contributed by atoms with Crippen LogP contribution in [0.4, 0.5) is 0 Å². The van der Waals surface area contributed by atoms with Gasteiger partial charge in [0, 0.05) is 22.6 Å². The Labute approximate surface area is 126 Å². The fourth-order valence-corrected chi connectivity index (χ4v) is 3.13. The molecular formula is C15H22Cl2N2. The van der Waals surface area contributed by atoms with E-state index in [0.717, 1.165) is 34.6 Å². The van der Waals surface area contributed by atoms with Crippen LogP contribution in [-0.2, 0) is 0 Å². The molecule has 1 aliphatic rings. The molecule has 1 aromatic rings. The predicted molar refractivity (Wildman–Crippen MR) is 83.1 cm³/mol. The van der Waals surface area contributed by atoms with Crippen LogP contribution in [0.1, 0.15) is 31.9 Å². The minimum absolute atomic E-state index is 0.238. The van der Waals surface area contributed by atoms with E-state index in [-0.39, 0.29) is 6.04 Å². The highest BCUT2D eigenvalue weighted by Gasteiger charge is 2.21. The molecule has 2 nitrogen and oxygen atoms in total. The second-order valence-corrected chi connectivity index (χ2v) is 6.19. The fraction of sp³-hybridized carbons (Fsp3) is 0.600. The van der Waals surface area contributed by atoms with Crippen molar-refractivity contribution in [1.82, 2.24) is 10.2 Å². The molecule has 1 heterocycles. The molecule has 0 radical (unpaired) electrons. The smallest absolute Gasteiger partial charge is 0.0454 e. The monoisotopic (exact) mass is 300 g/mol. The van der Waals surface area contributed by atoms with Gasteiger partial charge in [0.1, 0.15) is 0 Å². The molecule has 1 aromatic carbocycles. The van der Waals surface area contributed by atoms with E-state index in [9.17, 15) is 0 Å². The molecule has 19 heavy (non-hydrogen) atoms. The zero-order chi connectivity index (χ0) is 13.8. The average Bonchev–Trinajstić information content (AvgIpc) is 2.87. The van der Waals surface area contributed by atoms with Crippen LogP contribution in [0.15, 0.2) is 18.2 Å². The first kappa shape index (κ1) is 15.1. The SMILES string of the molecule is CCN1CCC(CNC(C)c2cc(Cl)ccc2Cl)C1. The summed E-state index contributed by atoms with van der Waals surface area (Å²) in [6.45, 7) is 9.01. The van der Waals surface area contributed by atoms with Crippen LogP contribution in [-0.4, -0.2) is 31.1 Å². The number of benzene rings is 1. The molecule has 1 N–H and O–H groups in total. The van der Waals surface area contributed by atoms with Crippen molar-refractivity contribution in [3.05, 3.63) is 33.8 Å². The molecule has 1 saturated heterocycles. The van der Waals surface area contributed by atoms with Crippen molar-refractivity contribution >= 4 is 23.2 Å². The van der Waals surface area contributed by atoms with Gasteiger partial charge >= 0.3 is 0 Å². The van der Waals surface area contributed by atoms with E-state index in [2.05, 4.69) is 24.1 Å². The predicted octanol–water partition coefficient (Wildman–Crippen LogP) is 3.99. The first-order chi connectivity index (χ1) is 9.10. The van der Waals surface area contributed by atoms with Gasteiger partial charge in [0.15, 0.2) is 0 Å². The summed E-state index contributed by atoms with van der Waals surface area (Å²) < 4.78 is 0. The van der Waals surface area contributed by atoms with Crippen molar-refractivity contribution in [2.45, 2.75) is 26.3 Å². The van der Waals surface area contributed by atoms with E-state index in [1.165, 1.54) is 19.5 Å². The van der Waals surface area contributed by atoms with E-state index in [4.69, 9.17) is 23.2 Å². The summed E-state index contributed by atoms with van der Waals surface area (Å²) in [6.07, 6.45) is 1.29. The maximum Gasteiger partial charge on any atom is 0.0454 e. The Balaban J connectivity index is 1.87. The van der Waals surface area contributed by atoms with Crippen molar-refractivity contribution in [3.8, 4) is 0 Å². The number of nitrogens with one attached hydrogen (secondary N) is 1. The zero-order valence-corrected chi connectivity index (χ0v) is 13.1. The topological polar surface area (TPSA) is 15.3 Å². The number of likely N-dealkylation sites (tertiary alicyclic amines) is 1. The largest absolute Gasteiger partial charge is 0.310 e. The lowest BCUT2D eigenvalue weighted by molar-refractivity contribution is 0.336. The molecule has 106 valence electrons. The van der Waals surface area contributed by atoms with Gasteiger partial charge in [-0.3, -0.25) is 0 Å². The van der Waals surface area contributed by atoms with Gasteiger partial charge in [0.25, 0.3) is 0 Å². The Morgan fingerprint density at radius 3 is 2.89 bits per heavy atom. The molecule has 1 fully saturated rings. The zero-order valence-electron chi connectivity index (χ0n) is 11.6. The lowest BCUT2D eigenvalue weighted by atomic mass is 10.1. The van der Waals surface area contributed by atoms with Crippen LogP contribution in [0.25, 0.3) is 0 Å². The summed E-state index contributed by atoms with van der Waals surface area (Å²) in [5.41, 5.74) is 1.08. The average molecular weight is 301 g/mol. The summed E-state index contributed by atoms with van der Waals surface area (Å²) in [6, 6.07) is 5.89. The van der Waals surface area contributed by atoms with Gasteiger partial charge in [0.05, 0.1) is 0 Å². The van der Waals surface area contributed by atoms with Gasteiger partial charge < -0.3 is 10.2 Å². The summed E-state index contributed by atoms with van der Waals surface area (Å²) in [5.74, 6) is 0.750. The first-order valence-corrected chi connectivity index (χ1v) is 7.76. The van der Waals surface area contributed by atoms with E-state index in [0.29, 0.717) is 0 Å². The molecule has 1 aliphatic heterocycles. The van der Waals surface area contributed by atoms with Gasteiger partial charge in [-0.2, -0.15) is 0 Å². The number of hydrogen-bond acceptors (Lipinski definition) is 2. The lowest BCUT2D eigenvalue weighted by Crippen LogP contribution is -2.28. The van der Waals surface area contributed by atoms with Gasteiger partial charge in [-0.05, 0) is 62.7 Å². The second kappa shape index (κ2) is 6.94. The maximum absolute atomic E-state index is 6.23. The molecular weight excluding hydrogens is 279 g/mol. The van der Waals surface area contributed by atoms with Crippen molar-refractivity contribution in [3.63, 3.8) is 0 Å². The number of nitrogens with zero attached hydrogens (tertiary/aromatic N) is 1. The van der Waals surface area contributed by atoms with Crippen LogP contribution in [0.2, 0.25) is 10.0 Å². The van der Waals surface area contributed by atoms with Crippen LogP contribution in [0.3, 0.4) is 0 Å². The van der Waals surface area contributed by atoms with Crippen molar-refractivity contribution in [1.29, 1.82) is 0 Å². The Bertz CT molecular complexity index is 423. The van der Waals surface area contributed by atoms with Crippen LogP contribution in [0, 0.1) is 5.92 Å². The quantitative estimate of drug-likeness (QED) is 0.885. The van der Waals surface area contributed by atoms with Crippen molar-refractivity contribution < 1.29 is 0 Å². The third-order valence-corrected chi connectivity index (χ3v) is 4.53. The van der Waals surface area contributed by atoms with E-state index in [1.54, 1.807) is 0 Å². The molecule has 0 bridgehead atoms. The van der Waals surface area contributed by atoms with Crippen LogP contribution >= 0.6 is 23.2 Å². The molecule has 2 atom stereocenters. The standard InChI is InChI=1S/C15H22Cl2N2/c1-3-19-7-6-12(10-19)9-18-11(2)14-8-13(16)4-5-15(14)17/h4-5,8,11-12,18H,3,6-7,9-10H2,1-2H3. The Kier molecular flexibility index (Phi) is 5.52. The van der Waals surface area contributed by atoms with Crippen LogP contribution < -0.4 is 5.32 Å². The molecule has 0 aliphatic carbocycles. The molecule has 0 saturated carbocycles. The number of halogens is 2. The van der Waals surface area contributed by atoms with E-state index < -0.39 is 0 Å². The number of rotatable bonds is 5. The van der Waals surface area contributed by atoms with E-state index >= 15 is 0 Å². The Hall–Kier alpha value is -0.280. The molecule has 2 unspecified atom stereocenters. The van der Waals surface area contributed by atoms with Gasteiger partial charge in [-0.15, -0.1) is 0 Å². The third-order valence-electron chi connectivity index (χ3n) is 3.95. The van der Waals surface area contributed by atoms with Gasteiger partial charge in [-0.25, -0.2) is 0 Å². The Morgan fingerprint density at radius 2 is 2.21 bits per heavy atom. The molecule has 2 rings (SSSR count). The highest BCUT2D eigenvalue weighted by molar-refractivity contribution is 6.33. The van der Waals surface area contributed by atoms with E-state index in [1.807, 2.05) is 18.2 Å². The minimum Gasteiger partial charge on any atom is -0.310 e.